The standard InChI is InChI=1S/C47H43NO14/c1-30(37(45(53)55-2)48-47(54)57-28-31-18-8-3-9-19-31)58-46-40(62-44(52)35-26-16-7-17-27-35)39(61-43(51)34-24-14-6-15-25-34)38(60-42(50)33-22-12-5-13-23-33)36(59-46)29-56-41(49)32-20-10-4-11-21-32/h3-27,30,36-40,46H,28-29H2,1-2H3,(H,48,54). The van der Waals surface area contributed by atoms with Crippen molar-refractivity contribution in [1.82, 2.24) is 5.32 Å². The third-order valence-corrected chi connectivity index (χ3v) is 9.50. The number of carbonyl (C=O) groups excluding carboxylic acids is 6. The van der Waals surface area contributed by atoms with Gasteiger partial charge in [0.1, 0.15) is 19.3 Å². The molecular formula is C47H43NO14. The average Bonchev–Trinajstić information content (AvgIpc) is 3.32. The van der Waals surface area contributed by atoms with Crippen LogP contribution in [0, 0.1) is 0 Å². The van der Waals surface area contributed by atoms with Gasteiger partial charge in [0.05, 0.1) is 35.5 Å². The van der Waals surface area contributed by atoms with Gasteiger partial charge in [-0.05, 0) is 61.0 Å². The van der Waals surface area contributed by atoms with Gasteiger partial charge in [0.15, 0.2) is 30.6 Å². The highest BCUT2D eigenvalue weighted by Crippen LogP contribution is 2.33. The van der Waals surface area contributed by atoms with Crippen LogP contribution >= 0.6 is 0 Å². The second kappa shape index (κ2) is 21.8. The monoisotopic (exact) mass is 845 g/mol. The van der Waals surface area contributed by atoms with Crippen molar-refractivity contribution in [2.45, 2.75) is 56.4 Å². The molecule has 5 aromatic carbocycles. The van der Waals surface area contributed by atoms with E-state index >= 15 is 0 Å². The molecule has 1 aliphatic heterocycles. The molecule has 1 N–H and O–H groups in total. The Hall–Kier alpha value is -7.36. The topological polar surface area (TPSA) is 188 Å². The van der Waals surface area contributed by atoms with Crippen LogP contribution in [0.4, 0.5) is 4.79 Å². The van der Waals surface area contributed by atoms with Crippen LogP contribution in [-0.2, 0) is 49.3 Å². The Kier molecular flexibility index (Phi) is 15.5. The zero-order chi connectivity index (χ0) is 43.8. The van der Waals surface area contributed by atoms with Gasteiger partial charge in [0, 0.05) is 0 Å². The molecule has 1 amide bonds. The zero-order valence-corrected chi connectivity index (χ0v) is 33.6. The van der Waals surface area contributed by atoms with Crippen molar-refractivity contribution in [1.29, 1.82) is 0 Å². The minimum absolute atomic E-state index is 0.0828. The summed E-state index contributed by atoms with van der Waals surface area (Å²) in [7, 11) is 1.10. The molecule has 0 radical (unpaired) electrons. The van der Waals surface area contributed by atoms with Crippen LogP contribution in [0.3, 0.4) is 0 Å². The summed E-state index contributed by atoms with van der Waals surface area (Å²) in [4.78, 5) is 81.2. The lowest BCUT2D eigenvalue weighted by atomic mass is 9.97. The molecule has 7 unspecified atom stereocenters. The first-order chi connectivity index (χ1) is 30.1. The van der Waals surface area contributed by atoms with E-state index in [9.17, 15) is 28.8 Å². The zero-order valence-electron chi connectivity index (χ0n) is 33.6. The molecule has 15 nitrogen and oxygen atoms in total. The highest BCUT2D eigenvalue weighted by atomic mass is 16.7. The lowest BCUT2D eigenvalue weighted by Crippen LogP contribution is -2.64. The molecule has 320 valence electrons. The number of carbonyl (C=O) groups is 6. The minimum Gasteiger partial charge on any atom is -0.467 e. The third kappa shape index (κ3) is 11.9. The first-order valence-electron chi connectivity index (χ1n) is 19.5. The van der Waals surface area contributed by atoms with Gasteiger partial charge in [0.2, 0.25) is 0 Å². The van der Waals surface area contributed by atoms with Crippen LogP contribution < -0.4 is 5.32 Å². The molecule has 0 bridgehead atoms. The average molecular weight is 846 g/mol. The molecule has 1 fully saturated rings. The van der Waals surface area contributed by atoms with Gasteiger partial charge < -0.3 is 43.2 Å². The summed E-state index contributed by atoms with van der Waals surface area (Å²) >= 11 is 0. The van der Waals surface area contributed by atoms with E-state index in [-0.39, 0.29) is 28.9 Å². The SMILES string of the molecule is COC(=O)C(NC(=O)OCc1ccccc1)C(C)OC1OC(COC(=O)c2ccccc2)C(OC(=O)c2ccccc2)C(OC(=O)c2ccccc2)C1OC(=O)c1ccccc1. The first kappa shape index (κ1) is 44.2. The summed E-state index contributed by atoms with van der Waals surface area (Å²) in [5.74, 6) is -4.44. The number of hydrogen-bond donors (Lipinski definition) is 1. The highest BCUT2D eigenvalue weighted by Gasteiger charge is 2.54. The largest absolute Gasteiger partial charge is 0.467 e. The number of ether oxygens (including phenoxy) is 8. The maximum atomic E-state index is 13.9. The predicted octanol–water partition coefficient (Wildman–Crippen LogP) is 6.12. The van der Waals surface area contributed by atoms with E-state index < -0.39 is 85.4 Å². The summed E-state index contributed by atoms with van der Waals surface area (Å²) in [6.45, 7) is 0.660. The molecule has 0 saturated carbocycles. The quantitative estimate of drug-likeness (QED) is 0.0884. The van der Waals surface area contributed by atoms with Gasteiger partial charge in [-0.3, -0.25) is 0 Å². The van der Waals surface area contributed by atoms with Crippen molar-refractivity contribution in [2.24, 2.45) is 0 Å². The molecular weight excluding hydrogens is 803 g/mol. The fourth-order valence-corrected chi connectivity index (χ4v) is 6.31. The molecule has 7 atom stereocenters. The summed E-state index contributed by atoms with van der Waals surface area (Å²) in [5, 5.41) is 2.45. The number of esters is 5. The van der Waals surface area contributed by atoms with Crippen LogP contribution in [0.5, 0.6) is 0 Å². The Labute approximate surface area is 356 Å². The molecule has 0 aromatic heterocycles. The fourth-order valence-electron chi connectivity index (χ4n) is 6.31. The molecule has 5 aromatic rings. The molecule has 6 rings (SSSR count). The van der Waals surface area contributed by atoms with Crippen LogP contribution in [-0.4, -0.2) is 92.5 Å². The first-order valence-corrected chi connectivity index (χ1v) is 19.5. The van der Waals surface area contributed by atoms with E-state index in [1.54, 1.807) is 103 Å². The second-order valence-corrected chi connectivity index (χ2v) is 13.8. The Morgan fingerprint density at radius 2 is 0.968 bits per heavy atom. The van der Waals surface area contributed by atoms with E-state index in [4.69, 9.17) is 37.9 Å². The maximum absolute atomic E-state index is 13.9. The minimum atomic E-state index is -1.77. The summed E-state index contributed by atoms with van der Waals surface area (Å²) in [6.07, 6.45) is -10.7. The maximum Gasteiger partial charge on any atom is 0.408 e. The van der Waals surface area contributed by atoms with Crippen LogP contribution in [0.15, 0.2) is 152 Å². The number of rotatable bonds is 16. The Morgan fingerprint density at radius 1 is 0.548 bits per heavy atom. The third-order valence-electron chi connectivity index (χ3n) is 9.50. The highest BCUT2D eigenvalue weighted by molar-refractivity contribution is 5.91. The van der Waals surface area contributed by atoms with Crippen LogP contribution in [0.25, 0.3) is 0 Å². The molecule has 62 heavy (non-hydrogen) atoms. The van der Waals surface area contributed by atoms with Crippen molar-refractivity contribution in [3.05, 3.63) is 179 Å². The summed E-state index contributed by atoms with van der Waals surface area (Å²) < 4.78 is 46.9. The van der Waals surface area contributed by atoms with Gasteiger partial charge in [-0.1, -0.05) is 103 Å². The Bertz CT molecular complexity index is 2260. The Balaban J connectivity index is 1.38. The molecule has 0 aliphatic carbocycles. The molecule has 0 spiro atoms. The van der Waals surface area contributed by atoms with Crippen LogP contribution in [0.1, 0.15) is 53.9 Å². The van der Waals surface area contributed by atoms with Gasteiger partial charge in [-0.25, -0.2) is 28.8 Å². The predicted molar refractivity (Wildman–Crippen MR) is 218 cm³/mol. The number of amides is 1. The lowest BCUT2D eigenvalue weighted by molar-refractivity contribution is -0.308. The number of benzene rings is 5. The number of alkyl carbamates (subject to hydrolysis) is 1. The number of methoxy groups -OCH3 is 1. The van der Waals surface area contributed by atoms with Crippen molar-refractivity contribution in [3.8, 4) is 0 Å². The van der Waals surface area contributed by atoms with E-state index in [0.717, 1.165) is 7.11 Å². The number of hydrogen-bond acceptors (Lipinski definition) is 14. The smallest absolute Gasteiger partial charge is 0.408 e. The molecule has 15 heteroatoms. The van der Waals surface area contributed by atoms with Gasteiger partial charge in [-0.15, -0.1) is 0 Å². The van der Waals surface area contributed by atoms with E-state index in [1.807, 2.05) is 0 Å². The van der Waals surface area contributed by atoms with Crippen molar-refractivity contribution in [3.63, 3.8) is 0 Å². The van der Waals surface area contributed by atoms with Gasteiger partial charge in [-0.2, -0.15) is 0 Å². The number of nitrogens with one attached hydrogen (secondary N) is 1. The fraction of sp³-hybridized carbons (Fsp3) is 0.234. The summed E-state index contributed by atoms with van der Waals surface area (Å²) in [5.41, 5.74) is 1.14. The summed E-state index contributed by atoms with van der Waals surface area (Å²) in [6, 6.07) is 38.9. The molecule has 1 saturated heterocycles. The normalized spacial score (nSPS) is 19.0. The molecule has 1 heterocycles. The van der Waals surface area contributed by atoms with Crippen molar-refractivity contribution in [2.75, 3.05) is 13.7 Å². The van der Waals surface area contributed by atoms with Crippen molar-refractivity contribution < 1.29 is 66.7 Å². The second-order valence-electron chi connectivity index (χ2n) is 13.8. The lowest BCUT2D eigenvalue weighted by Gasteiger charge is -2.45. The van der Waals surface area contributed by atoms with Gasteiger partial charge >= 0.3 is 35.9 Å². The van der Waals surface area contributed by atoms with E-state index in [1.165, 1.54) is 55.5 Å². The molecule has 1 aliphatic rings. The van der Waals surface area contributed by atoms with E-state index in [0.29, 0.717) is 5.56 Å². The van der Waals surface area contributed by atoms with Crippen LogP contribution in [0.2, 0.25) is 0 Å². The van der Waals surface area contributed by atoms with Gasteiger partial charge in [0.25, 0.3) is 0 Å². The van der Waals surface area contributed by atoms with Crippen molar-refractivity contribution >= 4 is 35.9 Å². The Morgan fingerprint density at radius 3 is 1.44 bits per heavy atom. The van der Waals surface area contributed by atoms with E-state index in [2.05, 4.69) is 5.32 Å².